The van der Waals surface area contributed by atoms with Crippen LogP contribution in [-0.2, 0) is 4.79 Å². The van der Waals surface area contributed by atoms with E-state index in [1.54, 1.807) is 11.8 Å². The lowest BCUT2D eigenvalue weighted by Gasteiger charge is -2.16. The van der Waals surface area contributed by atoms with Crippen molar-refractivity contribution in [2.24, 2.45) is 0 Å². The number of nitrogens with one attached hydrogen (secondary N) is 1. The number of aryl methyl sites for hydroxylation is 1. The van der Waals surface area contributed by atoms with Crippen molar-refractivity contribution in [3.05, 3.63) is 56.6 Å². The Morgan fingerprint density at radius 3 is 2.55 bits per heavy atom. The summed E-state index contributed by atoms with van der Waals surface area (Å²) in [7, 11) is 0. The molecule has 2 aromatic carbocycles. The molecule has 22 heavy (non-hydrogen) atoms. The summed E-state index contributed by atoms with van der Waals surface area (Å²) in [5.74, 6) is 0.0340. The molecular formula is C17H17ClINOS. The number of rotatable bonds is 5. The van der Waals surface area contributed by atoms with Crippen LogP contribution in [0.4, 0.5) is 5.69 Å². The topological polar surface area (TPSA) is 29.1 Å². The van der Waals surface area contributed by atoms with Crippen molar-refractivity contribution in [3.63, 3.8) is 0 Å². The summed E-state index contributed by atoms with van der Waals surface area (Å²) in [4.78, 5) is 13.5. The molecule has 2 rings (SSSR count). The summed E-state index contributed by atoms with van der Waals surface area (Å²) in [5, 5.41) is 3.61. The van der Waals surface area contributed by atoms with Crippen molar-refractivity contribution in [3.8, 4) is 0 Å². The van der Waals surface area contributed by atoms with E-state index >= 15 is 0 Å². The van der Waals surface area contributed by atoms with Crippen LogP contribution < -0.4 is 5.32 Å². The minimum absolute atomic E-state index is 0.0340. The van der Waals surface area contributed by atoms with E-state index in [4.69, 9.17) is 11.6 Å². The third-order valence-corrected chi connectivity index (χ3v) is 5.50. The van der Waals surface area contributed by atoms with Gasteiger partial charge in [0.25, 0.3) is 0 Å². The molecule has 116 valence electrons. The predicted octanol–water partition coefficient (Wildman–Crippen LogP) is 5.76. The minimum atomic E-state index is -0.125. The van der Waals surface area contributed by atoms with Gasteiger partial charge in [0.15, 0.2) is 0 Å². The van der Waals surface area contributed by atoms with Gasteiger partial charge < -0.3 is 5.32 Å². The summed E-state index contributed by atoms with van der Waals surface area (Å²) in [6.07, 6.45) is 0.766. The fraction of sp³-hybridized carbons (Fsp3) is 0.235. The van der Waals surface area contributed by atoms with Gasteiger partial charge in [-0.3, -0.25) is 4.79 Å². The first kappa shape index (κ1) is 17.6. The van der Waals surface area contributed by atoms with Gasteiger partial charge in [0.1, 0.15) is 0 Å². The average Bonchev–Trinajstić information content (AvgIpc) is 2.49. The molecule has 0 aliphatic heterocycles. The normalized spacial score (nSPS) is 12.0. The van der Waals surface area contributed by atoms with Crippen LogP contribution in [0.3, 0.4) is 0 Å². The second-order valence-corrected chi connectivity index (χ2v) is 7.88. The van der Waals surface area contributed by atoms with E-state index in [0.29, 0.717) is 5.02 Å². The first-order valence-electron chi connectivity index (χ1n) is 6.99. The molecule has 1 amide bonds. The molecule has 1 atom stereocenters. The first-order chi connectivity index (χ1) is 10.5. The van der Waals surface area contributed by atoms with Crippen LogP contribution in [0.15, 0.2) is 47.4 Å². The molecule has 0 radical (unpaired) electrons. The minimum Gasteiger partial charge on any atom is -0.325 e. The molecule has 0 bridgehead atoms. The second kappa shape index (κ2) is 8.22. The maximum absolute atomic E-state index is 12.5. The number of amides is 1. The lowest BCUT2D eigenvalue weighted by Crippen LogP contribution is -2.24. The summed E-state index contributed by atoms with van der Waals surface area (Å²) in [5.41, 5.74) is 1.95. The van der Waals surface area contributed by atoms with Gasteiger partial charge >= 0.3 is 0 Å². The molecule has 0 heterocycles. The lowest BCUT2D eigenvalue weighted by molar-refractivity contribution is -0.115. The number of benzene rings is 2. The zero-order valence-electron chi connectivity index (χ0n) is 12.4. The number of anilines is 1. The largest absolute Gasteiger partial charge is 0.325 e. The van der Waals surface area contributed by atoms with Crippen molar-refractivity contribution in [2.75, 3.05) is 5.32 Å². The lowest BCUT2D eigenvalue weighted by atomic mass is 10.2. The van der Waals surface area contributed by atoms with Crippen LogP contribution in [0, 0.1) is 10.5 Å². The van der Waals surface area contributed by atoms with Gasteiger partial charge in [-0.25, -0.2) is 0 Å². The van der Waals surface area contributed by atoms with E-state index in [0.717, 1.165) is 26.1 Å². The van der Waals surface area contributed by atoms with Gasteiger partial charge in [-0.2, -0.15) is 0 Å². The standard InChI is InChI=1S/C17H17ClINOS/c1-3-16(22-14-7-4-12(18)5-8-14)17(21)20-15-9-6-13(19)10-11(15)2/h4-10,16H,3H2,1-2H3,(H,20,21)/t16-/m0/s1. The highest BCUT2D eigenvalue weighted by atomic mass is 127. The number of hydrogen-bond acceptors (Lipinski definition) is 2. The van der Waals surface area contributed by atoms with Crippen molar-refractivity contribution < 1.29 is 4.79 Å². The number of carbonyl (C=O) groups is 1. The Kier molecular flexibility index (Phi) is 6.59. The molecule has 0 aliphatic rings. The number of thioether (sulfide) groups is 1. The molecule has 1 N–H and O–H groups in total. The number of halogens is 2. The third-order valence-electron chi connectivity index (χ3n) is 3.20. The SMILES string of the molecule is CC[C@H](Sc1ccc(Cl)cc1)C(=O)Nc1ccc(I)cc1C. The van der Waals surface area contributed by atoms with Crippen molar-refractivity contribution >= 4 is 57.5 Å². The van der Waals surface area contributed by atoms with E-state index < -0.39 is 0 Å². The quantitative estimate of drug-likeness (QED) is 0.468. The molecular weight excluding hydrogens is 429 g/mol. The van der Waals surface area contributed by atoms with Crippen LogP contribution in [0.25, 0.3) is 0 Å². The van der Waals surface area contributed by atoms with Gasteiger partial charge in [0.05, 0.1) is 5.25 Å². The fourth-order valence-corrected chi connectivity index (χ4v) is 3.71. The highest BCUT2D eigenvalue weighted by Crippen LogP contribution is 2.28. The molecule has 0 fully saturated rings. The van der Waals surface area contributed by atoms with Crippen molar-refractivity contribution in [1.29, 1.82) is 0 Å². The van der Waals surface area contributed by atoms with Gasteiger partial charge in [-0.1, -0.05) is 18.5 Å². The molecule has 5 heteroatoms. The van der Waals surface area contributed by atoms with E-state index in [9.17, 15) is 4.79 Å². The monoisotopic (exact) mass is 445 g/mol. The van der Waals surface area contributed by atoms with Crippen LogP contribution >= 0.6 is 46.0 Å². The van der Waals surface area contributed by atoms with Crippen molar-refractivity contribution in [1.82, 2.24) is 0 Å². The van der Waals surface area contributed by atoms with E-state index in [2.05, 4.69) is 34.0 Å². The van der Waals surface area contributed by atoms with E-state index in [-0.39, 0.29) is 11.2 Å². The predicted molar refractivity (Wildman–Crippen MR) is 104 cm³/mol. The smallest absolute Gasteiger partial charge is 0.237 e. The maximum Gasteiger partial charge on any atom is 0.237 e. The van der Waals surface area contributed by atoms with Crippen LogP contribution in [-0.4, -0.2) is 11.2 Å². The summed E-state index contributed by atoms with van der Waals surface area (Å²) >= 11 is 9.72. The Labute approximate surface area is 154 Å². The van der Waals surface area contributed by atoms with Gasteiger partial charge in [-0.15, -0.1) is 11.8 Å². The highest BCUT2D eigenvalue weighted by Gasteiger charge is 2.18. The highest BCUT2D eigenvalue weighted by molar-refractivity contribution is 14.1. The third kappa shape index (κ3) is 4.89. The summed E-state index contributed by atoms with van der Waals surface area (Å²) in [6.45, 7) is 4.03. The Hall–Kier alpha value is -0.720. The van der Waals surface area contributed by atoms with Gasteiger partial charge in [0, 0.05) is 19.2 Å². The van der Waals surface area contributed by atoms with E-state index in [1.807, 2.05) is 50.2 Å². The molecule has 0 aromatic heterocycles. The molecule has 0 saturated heterocycles. The molecule has 0 saturated carbocycles. The Bertz CT molecular complexity index is 660. The number of hydrogen-bond donors (Lipinski definition) is 1. The Balaban J connectivity index is 2.06. The zero-order chi connectivity index (χ0) is 16.1. The molecule has 2 nitrogen and oxygen atoms in total. The Morgan fingerprint density at radius 2 is 1.95 bits per heavy atom. The van der Waals surface area contributed by atoms with Gasteiger partial charge in [-0.05, 0) is 84.0 Å². The summed E-state index contributed by atoms with van der Waals surface area (Å²) in [6, 6.07) is 13.6. The summed E-state index contributed by atoms with van der Waals surface area (Å²) < 4.78 is 1.16. The van der Waals surface area contributed by atoms with Crippen molar-refractivity contribution in [2.45, 2.75) is 30.4 Å². The second-order valence-electron chi connectivity index (χ2n) is 4.92. The fourth-order valence-electron chi connectivity index (χ4n) is 1.98. The molecule has 2 aromatic rings. The molecule has 0 spiro atoms. The zero-order valence-corrected chi connectivity index (χ0v) is 16.1. The molecule has 0 unspecified atom stereocenters. The average molecular weight is 446 g/mol. The number of carbonyl (C=O) groups excluding carboxylic acids is 1. The maximum atomic E-state index is 12.5. The first-order valence-corrected chi connectivity index (χ1v) is 9.32. The van der Waals surface area contributed by atoms with Gasteiger partial charge in [0.2, 0.25) is 5.91 Å². The van der Waals surface area contributed by atoms with Crippen LogP contribution in [0.1, 0.15) is 18.9 Å². The Morgan fingerprint density at radius 1 is 1.27 bits per heavy atom. The van der Waals surface area contributed by atoms with Crippen LogP contribution in [0.2, 0.25) is 5.02 Å². The van der Waals surface area contributed by atoms with E-state index in [1.165, 1.54) is 0 Å². The molecule has 0 aliphatic carbocycles. The van der Waals surface area contributed by atoms with Crippen LogP contribution in [0.5, 0.6) is 0 Å².